The molecule has 0 unspecified atom stereocenters. The highest BCUT2D eigenvalue weighted by Gasteiger charge is 2.33. The van der Waals surface area contributed by atoms with Crippen LogP contribution in [0.1, 0.15) is 23.2 Å². The van der Waals surface area contributed by atoms with E-state index in [0.717, 1.165) is 29.2 Å². The van der Waals surface area contributed by atoms with Crippen molar-refractivity contribution in [2.24, 2.45) is 5.92 Å². The molecule has 6 nitrogen and oxygen atoms in total. The molecule has 2 aromatic rings. The van der Waals surface area contributed by atoms with Crippen LogP contribution in [-0.4, -0.2) is 22.9 Å². The molecule has 0 spiro atoms. The standard InChI is InChI=1S/C14H14N2O4S/c1-10-2-6-12(7-3-10)21(19,20)16-9-8-15(14(16)18)13(17)11-4-5-11/h2-3,6-9,11H,4-5H2,1H3. The van der Waals surface area contributed by atoms with Crippen molar-refractivity contribution in [1.29, 1.82) is 0 Å². The number of nitrogens with zero attached hydrogens (tertiary/aromatic N) is 2. The highest BCUT2D eigenvalue weighted by molar-refractivity contribution is 7.90. The summed E-state index contributed by atoms with van der Waals surface area (Å²) in [6, 6.07) is 6.20. The van der Waals surface area contributed by atoms with Gasteiger partial charge in [-0.15, -0.1) is 0 Å². The van der Waals surface area contributed by atoms with E-state index in [1.165, 1.54) is 18.3 Å². The van der Waals surface area contributed by atoms with Crippen molar-refractivity contribution < 1.29 is 13.2 Å². The number of carbonyl (C=O) groups excluding carboxylic acids is 1. The minimum atomic E-state index is -3.97. The Balaban J connectivity index is 2.06. The molecule has 0 bridgehead atoms. The number of carbonyl (C=O) groups is 1. The lowest BCUT2D eigenvalue weighted by atomic mass is 10.2. The van der Waals surface area contributed by atoms with Crippen LogP contribution < -0.4 is 5.69 Å². The van der Waals surface area contributed by atoms with E-state index >= 15 is 0 Å². The maximum Gasteiger partial charge on any atom is 0.349 e. The first kappa shape index (κ1) is 13.8. The Hall–Kier alpha value is -2.15. The molecule has 0 atom stereocenters. The van der Waals surface area contributed by atoms with E-state index in [1.807, 2.05) is 6.92 Å². The van der Waals surface area contributed by atoms with Gasteiger partial charge in [-0.3, -0.25) is 4.79 Å². The Bertz CT molecular complexity index is 855. The number of benzene rings is 1. The van der Waals surface area contributed by atoms with Crippen molar-refractivity contribution in [2.45, 2.75) is 24.7 Å². The third-order valence-electron chi connectivity index (χ3n) is 3.49. The molecule has 1 aromatic heterocycles. The van der Waals surface area contributed by atoms with Crippen molar-refractivity contribution in [3.05, 3.63) is 52.7 Å². The Morgan fingerprint density at radius 3 is 2.33 bits per heavy atom. The zero-order valence-corrected chi connectivity index (χ0v) is 12.2. The number of hydrogen-bond acceptors (Lipinski definition) is 4. The Morgan fingerprint density at radius 2 is 1.76 bits per heavy atom. The maximum absolute atomic E-state index is 12.4. The second-order valence-electron chi connectivity index (χ2n) is 5.18. The Labute approximate surface area is 121 Å². The first-order valence-electron chi connectivity index (χ1n) is 6.58. The van der Waals surface area contributed by atoms with Gasteiger partial charge in [-0.25, -0.2) is 17.8 Å². The monoisotopic (exact) mass is 306 g/mol. The molecule has 1 saturated carbocycles. The van der Waals surface area contributed by atoms with Crippen LogP contribution in [0.2, 0.25) is 0 Å². The first-order valence-corrected chi connectivity index (χ1v) is 8.02. The van der Waals surface area contributed by atoms with E-state index in [4.69, 9.17) is 0 Å². The van der Waals surface area contributed by atoms with Gasteiger partial charge in [-0.05, 0) is 31.9 Å². The summed E-state index contributed by atoms with van der Waals surface area (Å²) < 4.78 is 26.3. The highest BCUT2D eigenvalue weighted by Crippen LogP contribution is 2.30. The molecular weight excluding hydrogens is 292 g/mol. The van der Waals surface area contributed by atoms with Gasteiger partial charge in [-0.2, -0.15) is 3.97 Å². The zero-order chi connectivity index (χ0) is 15.2. The Kier molecular flexibility index (Phi) is 3.09. The van der Waals surface area contributed by atoms with Gasteiger partial charge in [0.25, 0.3) is 10.0 Å². The number of rotatable bonds is 3. The molecule has 110 valence electrons. The largest absolute Gasteiger partial charge is 0.349 e. The molecule has 1 aliphatic rings. The lowest BCUT2D eigenvalue weighted by Gasteiger charge is -2.04. The van der Waals surface area contributed by atoms with Gasteiger partial charge in [-0.1, -0.05) is 17.7 Å². The van der Waals surface area contributed by atoms with Gasteiger partial charge in [0.1, 0.15) is 0 Å². The van der Waals surface area contributed by atoms with Crippen LogP contribution in [0.3, 0.4) is 0 Å². The van der Waals surface area contributed by atoms with Crippen molar-refractivity contribution in [3.8, 4) is 0 Å². The topological polar surface area (TPSA) is 78.1 Å². The molecule has 0 radical (unpaired) electrons. The molecule has 0 amide bonds. The molecule has 1 aliphatic carbocycles. The average Bonchev–Trinajstić information content (AvgIpc) is 3.21. The fourth-order valence-electron chi connectivity index (χ4n) is 2.06. The fourth-order valence-corrected chi connectivity index (χ4v) is 3.28. The third kappa shape index (κ3) is 2.33. The molecule has 0 saturated heterocycles. The predicted octanol–water partition coefficient (Wildman–Crippen LogP) is 1.25. The molecule has 0 N–H and O–H groups in total. The van der Waals surface area contributed by atoms with Gasteiger partial charge in [0, 0.05) is 18.3 Å². The van der Waals surface area contributed by atoms with Gasteiger partial charge in [0.2, 0.25) is 5.91 Å². The number of hydrogen-bond donors (Lipinski definition) is 0. The molecule has 1 fully saturated rings. The van der Waals surface area contributed by atoms with E-state index in [1.54, 1.807) is 12.1 Å². The first-order chi connectivity index (χ1) is 9.91. The fraction of sp³-hybridized carbons (Fsp3) is 0.286. The Morgan fingerprint density at radius 1 is 1.14 bits per heavy atom. The van der Waals surface area contributed by atoms with Crippen LogP contribution in [0.4, 0.5) is 0 Å². The minimum absolute atomic E-state index is 0.0202. The van der Waals surface area contributed by atoms with Gasteiger partial charge < -0.3 is 0 Å². The number of aromatic nitrogens is 2. The van der Waals surface area contributed by atoms with Crippen molar-refractivity contribution in [1.82, 2.24) is 8.54 Å². The molecule has 1 heterocycles. The van der Waals surface area contributed by atoms with Gasteiger partial charge in [0.15, 0.2) is 0 Å². The summed E-state index contributed by atoms with van der Waals surface area (Å²) in [5, 5.41) is 0. The van der Waals surface area contributed by atoms with Crippen molar-refractivity contribution in [3.63, 3.8) is 0 Å². The normalized spacial score (nSPS) is 15.1. The average molecular weight is 306 g/mol. The summed E-state index contributed by atoms with van der Waals surface area (Å²) in [5.74, 6) is -0.488. The van der Waals surface area contributed by atoms with Crippen LogP contribution in [0.5, 0.6) is 0 Å². The van der Waals surface area contributed by atoms with Crippen LogP contribution in [0.15, 0.2) is 46.3 Å². The summed E-state index contributed by atoms with van der Waals surface area (Å²) in [5.41, 5.74) is 0.0789. The molecule has 1 aromatic carbocycles. The zero-order valence-electron chi connectivity index (χ0n) is 11.4. The third-order valence-corrected chi connectivity index (χ3v) is 5.15. The highest BCUT2D eigenvalue weighted by atomic mass is 32.2. The molecular formula is C14H14N2O4S. The van der Waals surface area contributed by atoms with E-state index in [-0.39, 0.29) is 16.7 Å². The van der Waals surface area contributed by atoms with Crippen molar-refractivity contribution in [2.75, 3.05) is 0 Å². The SMILES string of the molecule is Cc1ccc(S(=O)(=O)n2ccn(C(=O)C3CC3)c2=O)cc1. The number of aryl methyl sites for hydroxylation is 1. The van der Waals surface area contributed by atoms with Crippen LogP contribution in [0, 0.1) is 12.8 Å². The number of imidazole rings is 1. The summed E-state index contributed by atoms with van der Waals surface area (Å²) in [6.07, 6.45) is 3.84. The van der Waals surface area contributed by atoms with E-state index < -0.39 is 15.7 Å². The quantitative estimate of drug-likeness (QED) is 0.855. The smallest absolute Gasteiger partial charge is 0.274 e. The lowest BCUT2D eigenvalue weighted by Crippen LogP contribution is -2.32. The van der Waals surface area contributed by atoms with Gasteiger partial charge in [0.05, 0.1) is 4.90 Å². The van der Waals surface area contributed by atoms with Gasteiger partial charge >= 0.3 is 5.69 Å². The van der Waals surface area contributed by atoms with Crippen LogP contribution in [-0.2, 0) is 10.0 Å². The summed E-state index contributed by atoms with van der Waals surface area (Å²) in [7, 11) is -3.97. The van der Waals surface area contributed by atoms with E-state index in [0.29, 0.717) is 3.97 Å². The van der Waals surface area contributed by atoms with Crippen LogP contribution >= 0.6 is 0 Å². The lowest BCUT2D eigenvalue weighted by molar-refractivity contribution is 0.0882. The van der Waals surface area contributed by atoms with E-state index in [9.17, 15) is 18.0 Å². The van der Waals surface area contributed by atoms with E-state index in [2.05, 4.69) is 0 Å². The maximum atomic E-state index is 12.4. The minimum Gasteiger partial charge on any atom is -0.274 e. The summed E-state index contributed by atoms with van der Waals surface area (Å²) in [4.78, 5) is 24.1. The predicted molar refractivity (Wildman–Crippen MR) is 75.8 cm³/mol. The molecule has 7 heteroatoms. The second-order valence-corrected chi connectivity index (χ2v) is 6.99. The summed E-state index contributed by atoms with van der Waals surface area (Å²) in [6.45, 7) is 1.84. The second kappa shape index (κ2) is 4.70. The molecule has 0 aliphatic heterocycles. The van der Waals surface area contributed by atoms with Crippen LogP contribution in [0.25, 0.3) is 0 Å². The molecule has 3 rings (SSSR count). The molecule has 21 heavy (non-hydrogen) atoms. The van der Waals surface area contributed by atoms with Crippen molar-refractivity contribution >= 4 is 15.9 Å². The summed E-state index contributed by atoms with van der Waals surface area (Å²) >= 11 is 0.